The first-order valence-corrected chi connectivity index (χ1v) is 12.1. The molecular weight excluding hydrogens is 428 g/mol. The predicted molar refractivity (Wildman–Crippen MR) is 136 cm³/mol. The number of likely N-dealkylation sites (tertiary alicyclic amines) is 1. The summed E-state index contributed by atoms with van der Waals surface area (Å²) in [5.74, 6) is 0.614. The monoisotopic (exact) mass is 462 g/mol. The quantitative estimate of drug-likeness (QED) is 0.301. The lowest BCUT2D eigenvalue weighted by atomic mass is 9.96. The molecule has 2 heterocycles. The predicted octanol–water partition coefficient (Wildman–Crippen LogP) is 3.38. The molecular formula is C27H34N4O3. The summed E-state index contributed by atoms with van der Waals surface area (Å²) in [5.41, 5.74) is 4.39. The van der Waals surface area contributed by atoms with E-state index in [1.165, 1.54) is 0 Å². The molecule has 0 aromatic heterocycles. The molecule has 0 saturated carbocycles. The summed E-state index contributed by atoms with van der Waals surface area (Å²) in [6.07, 6.45) is 2.00. The fourth-order valence-electron chi connectivity index (χ4n) is 4.43. The van der Waals surface area contributed by atoms with Gasteiger partial charge in [0.1, 0.15) is 12.4 Å². The molecule has 0 atom stereocenters. The van der Waals surface area contributed by atoms with Crippen molar-refractivity contribution in [3.63, 3.8) is 0 Å². The molecule has 0 spiro atoms. The third kappa shape index (κ3) is 5.48. The van der Waals surface area contributed by atoms with Crippen molar-refractivity contribution in [2.75, 3.05) is 45.2 Å². The highest BCUT2D eigenvalue weighted by Gasteiger charge is 2.30. The number of carbonyl (C=O) groups is 2. The molecule has 0 aliphatic carbocycles. The van der Waals surface area contributed by atoms with Crippen LogP contribution < -0.4 is 20.7 Å². The first-order chi connectivity index (χ1) is 16.5. The Kier molecular flexibility index (Phi) is 7.65. The van der Waals surface area contributed by atoms with E-state index in [1.54, 1.807) is 13.0 Å². The number of amides is 1. The lowest BCUT2D eigenvalue weighted by molar-refractivity contribution is -0.110. The van der Waals surface area contributed by atoms with E-state index >= 15 is 0 Å². The number of rotatable bonds is 9. The number of likely N-dealkylation sites (N-methyl/N-ethyl adjacent to an activating group) is 1. The van der Waals surface area contributed by atoms with Crippen LogP contribution in [-0.4, -0.2) is 62.5 Å². The van der Waals surface area contributed by atoms with Gasteiger partial charge in [-0.3, -0.25) is 9.59 Å². The van der Waals surface area contributed by atoms with Gasteiger partial charge in [0.2, 0.25) is 0 Å². The number of hydrogen-bond acceptors (Lipinski definition) is 6. The van der Waals surface area contributed by atoms with Gasteiger partial charge in [0.25, 0.3) is 5.91 Å². The molecule has 1 saturated heterocycles. The molecule has 4 rings (SSSR count). The van der Waals surface area contributed by atoms with Gasteiger partial charge in [-0.15, -0.1) is 0 Å². The molecule has 2 aliphatic rings. The topological polar surface area (TPSA) is 82.7 Å². The van der Waals surface area contributed by atoms with Gasteiger partial charge in [0.05, 0.1) is 11.3 Å². The largest absolute Gasteiger partial charge is 0.492 e. The van der Waals surface area contributed by atoms with Crippen LogP contribution in [-0.2, 0) is 4.79 Å². The van der Waals surface area contributed by atoms with Crippen LogP contribution in [0, 0.1) is 0 Å². The van der Waals surface area contributed by atoms with Crippen molar-refractivity contribution < 1.29 is 14.3 Å². The van der Waals surface area contributed by atoms with Gasteiger partial charge in [-0.2, -0.15) is 0 Å². The summed E-state index contributed by atoms with van der Waals surface area (Å²) in [7, 11) is 2.13. The second-order valence-electron chi connectivity index (χ2n) is 8.97. The number of ketones is 1. The Labute approximate surface area is 201 Å². The molecule has 0 radical (unpaired) electrons. The van der Waals surface area contributed by atoms with E-state index in [4.69, 9.17) is 4.74 Å². The molecule has 3 N–H and O–H groups in total. The van der Waals surface area contributed by atoms with Crippen LogP contribution in [0.1, 0.15) is 48.2 Å². The summed E-state index contributed by atoms with van der Waals surface area (Å²) >= 11 is 0. The van der Waals surface area contributed by atoms with Crippen molar-refractivity contribution in [3.8, 4) is 5.75 Å². The summed E-state index contributed by atoms with van der Waals surface area (Å²) in [5, 5.41) is 9.91. The third-order valence-electron chi connectivity index (χ3n) is 6.43. The fourth-order valence-corrected chi connectivity index (χ4v) is 4.43. The first kappa shape index (κ1) is 24.0. The van der Waals surface area contributed by atoms with Gasteiger partial charge in [-0.1, -0.05) is 6.92 Å². The number of carbonyl (C=O) groups excluding carboxylic acids is 2. The van der Waals surface area contributed by atoms with Crippen LogP contribution in [0.4, 0.5) is 5.69 Å². The highest BCUT2D eigenvalue weighted by molar-refractivity contribution is 6.36. The van der Waals surface area contributed by atoms with Crippen LogP contribution in [0.15, 0.2) is 42.5 Å². The Morgan fingerprint density at radius 1 is 1.12 bits per heavy atom. The Morgan fingerprint density at radius 3 is 2.50 bits per heavy atom. The maximum Gasteiger partial charge on any atom is 0.258 e. The number of fused-ring (bicyclic) bond motifs is 1. The zero-order valence-corrected chi connectivity index (χ0v) is 20.2. The summed E-state index contributed by atoms with van der Waals surface area (Å²) in [6.45, 7) is 7.93. The van der Waals surface area contributed by atoms with E-state index in [0.717, 1.165) is 67.3 Å². The molecule has 2 aromatic rings. The standard InChI is InChI=1S/C27H34N4O3/c1-4-28-13-16-34-22-8-5-19(6-9-22)26(29-21-11-14-31(3)15-12-21)25-23-17-20(18(2)32)7-10-24(23)30-27(25)33/h5-10,17,21,28-29H,4,11-16H2,1-3H3,(H,30,33)/b26-25-. The molecule has 180 valence electrons. The number of Topliss-reactive ketones (excluding diaryl/α,β-unsaturated/α-hetero) is 1. The minimum Gasteiger partial charge on any atom is -0.492 e. The highest BCUT2D eigenvalue weighted by Crippen LogP contribution is 2.37. The van der Waals surface area contributed by atoms with E-state index < -0.39 is 0 Å². The number of anilines is 1. The van der Waals surface area contributed by atoms with Crippen molar-refractivity contribution in [2.24, 2.45) is 0 Å². The second kappa shape index (κ2) is 10.8. The molecule has 1 fully saturated rings. The first-order valence-electron chi connectivity index (χ1n) is 12.1. The second-order valence-corrected chi connectivity index (χ2v) is 8.97. The number of piperidine rings is 1. The van der Waals surface area contributed by atoms with Crippen LogP contribution in [0.5, 0.6) is 5.75 Å². The SMILES string of the molecule is CCNCCOc1ccc(/C(NC2CCN(C)CC2)=C2/C(=O)Nc3ccc(C(C)=O)cc32)cc1. The normalized spacial score (nSPS) is 17.8. The van der Waals surface area contributed by atoms with Gasteiger partial charge < -0.3 is 25.6 Å². The number of benzene rings is 2. The fraction of sp³-hybridized carbons (Fsp3) is 0.407. The van der Waals surface area contributed by atoms with Gasteiger partial charge >= 0.3 is 0 Å². The van der Waals surface area contributed by atoms with E-state index in [1.807, 2.05) is 36.4 Å². The lowest BCUT2D eigenvalue weighted by Gasteiger charge is -2.31. The Hall–Kier alpha value is -3.16. The van der Waals surface area contributed by atoms with Crippen molar-refractivity contribution in [3.05, 3.63) is 59.2 Å². The Balaban J connectivity index is 1.69. The maximum atomic E-state index is 13.2. The van der Waals surface area contributed by atoms with Crippen LogP contribution >= 0.6 is 0 Å². The van der Waals surface area contributed by atoms with Gasteiger partial charge in [-0.05, 0) is 94.5 Å². The maximum absolute atomic E-state index is 13.2. The minimum atomic E-state index is -0.155. The molecule has 7 nitrogen and oxygen atoms in total. The number of nitrogens with zero attached hydrogens (tertiary/aromatic N) is 1. The third-order valence-corrected chi connectivity index (χ3v) is 6.43. The minimum absolute atomic E-state index is 0.0228. The van der Waals surface area contributed by atoms with Crippen molar-refractivity contribution in [2.45, 2.75) is 32.7 Å². The number of hydrogen-bond donors (Lipinski definition) is 3. The zero-order valence-electron chi connectivity index (χ0n) is 20.2. The van der Waals surface area contributed by atoms with Crippen LogP contribution in [0.3, 0.4) is 0 Å². The molecule has 2 aliphatic heterocycles. The summed E-state index contributed by atoms with van der Waals surface area (Å²) < 4.78 is 5.83. The molecule has 2 aromatic carbocycles. The van der Waals surface area contributed by atoms with Gasteiger partial charge in [-0.25, -0.2) is 0 Å². The summed E-state index contributed by atoms with van der Waals surface area (Å²) in [4.78, 5) is 27.5. The van der Waals surface area contributed by atoms with Crippen molar-refractivity contribution >= 4 is 28.6 Å². The van der Waals surface area contributed by atoms with Crippen LogP contribution in [0.25, 0.3) is 11.3 Å². The van der Waals surface area contributed by atoms with Crippen molar-refractivity contribution in [1.82, 2.24) is 15.5 Å². The van der Waals surface area contributed by atoms with E-state index in [2.05, 4.69) is 34.8 Å². The van der Waals surface area contributed by atoms with Crippen LogP contribution in [0.2, 0.25) is 0 Å². The lowest BCUT2D eigenvalue weighted by Crippen LogP contribution is -2.40. The van der Waals surface area contributed by atoms with E-state index in [-0.39, 0.29) is 17.7 Å². The molecule has 7 heteroatoms. The zero-order chi connectivity index (χ0) is 24.1. The van der Waals surface area contributed by atoms with Gasteiger partial charge in [0.15, 0.2) is 5.78 Å². The Bertz CT molecular complexity index is 1070. The van der Waals surface area contributed by atoms with Crippen molar-refractivity contribution in [1.29, 1.82) is 0 Å². The molecule has 0 unspecified atom stereocenters. The Morgan fingerprint density at radius 2 is 1.82 bits per heavy atom. The van der Waals surface area contributed by atoms with E-state index in [9.17, 15) is 9.59 Å². The molecule has 1 amide bonds. The molecule has 0 bridgehead atoms. The molecule has 34 heavy (non-hydrogen) atoms. The highest BCUT2D eigenvalue weighted by atomic mass is 16.5. The number of ether oxygens (including phenoxy) is 1. The van der Waals surface area contributed by atoms with E-state index in [0.29, 0.717) is 17.7 Å². The number of nitrogens with one attached hydrogen (secondary N) is 3. The average molecular weight is 463 g/mol. The average Bonchev–Trinajstić information content (AvgIpc) is 3.16. The summed E-state index contributed by atoms with van der Waals surface area (Å²) in [6, 6.07) is 13.5. The van der Waals surface area contributed by atoms with Gasteiger partial charge in [0, 0.05) is 29.4 Å². The smallest absolute Gasteiger partial charge is 0.258 e.